The lowest BCUT2D eigenvalue weighted by Gasteiger charge is -2.38. The van der Waals surface area contributed by atoms with Crippen molar-refractivity contribution in [3.63, 3.8) is 0 Å². The van der Waals surface area contributed by atoms with E-state index in [0.29, 0.717) is 30.4 Å². The zero-order valence-corrected chi connectivity index (χ0v) is 13.6. The number of piperidine rings is 1. The maximum Gasteiger partial charge on any atom is 0.335 e. The molecule has 2 N–H and O–H groups in total. The number of carboxylic acid groups (broad SMARTS) is 1. The van der Waals surface area contributed by atoms with Crippen LogP contribution in [-0.4, -0.2) is 49.9 Å². The number of benzene rings is 1. The first-order valence-corrected chi connectivity index (χ1v) is 8.10. The van der Waals surface area contributed by atoms with Crippen molar-refractivity contribution >= 4 is 5.97 Å². The van der Waals surface area contributed by atoms with Crippen molar-refractivity contribution in [1.82, 2.24) is 15.0 Å². The van der Waals surface area contributed by atoms with Gasteiger partial charge in [0.25, 0.3) is 0 Å². The Balaban J connectivity index is 1.68. The molecule has 128 valence electrons. The van der Waals surface area contributed by atoms with Crippen molar-refractivity contribution in [2.75, 3.05) is 13.1 Å². The molecular formula is C17H21N3O4. The van der Waals surface area contributed by atoms with Gasteiger partial charge in [-0.1, -0.05) is 24.2 Å². The molecule has 1 aromatic carbocycles. The number of aromatic carboxylic acids is 1. The highest BCUT2D eigenvalue weighted by molar-refractivity contribution is 5.88. The summed E-state index contributed by atoms with van der Waals surface area (Å²) in [6.07, 6.45) is 2.50. The fraction of sp³-hybridized carbons (Fsp3) is 0.471. The normalized spacial score (nSPS) is 21.8. The number of aromatic nitrogens is 2. The van der Waals surface area contributed by atoms with Gasteiger partial charge in [-0.3, -0.25) is 4.90 Å². The highest BCUT2D eigenvalue weighted by Crippen LogP contribution is 2.25. The summed E-state index contributed by atoms with van der Waals surface area (Å²) < 4.78 is 5.30. The lowest BCUT2D eigenvalue weighted by molar-refractivity contribution is -0.0380. The van der Waals surface area contributed by atoms with Gasteiger partial charge in [0.05, 0.1) is 17.7 Å². The smallest absolute Gasteiger partial charge is 0.335 e. The second-order valence-electron chi connectivity index (χ2n) is 6.29. The summed E-state index contributed by atoms with van der Waals surface area (Å²) in [7, 11) is 0. The first-order chi connectivity index (χ1) is 11.5. The summed E-state index contributed by atoms with van der Waals surface area (Å²) in [5.41, 5.74) is 0.293. The molecule has 0 spiro atoms. The summed E-state index contributed by atoms with van der Waals surface area (Å²) in [4.78, 5) is 17.4. The summed E-state index contributed by atoms with van der Waals surface area (Å²) in [6.45, 7) is 4.00. The molecule has 1 atom stereocenters. The second-order valence-corrected chi connectivity index (χ2v) is 6.29. The van der Waals surface area contributed by atoms with Crippen LogP contribution in [0.4, 0.5) is 0 Å². The number of aliphatic hydroxyl groups is 1. The van der Waals surface area contributed by atoms with Crippen LogP contribution in [0, 0.1) is 0 Å². The first-order valence-electron chi connectivity index (χ1n) is 8.10. The Morgan fingerprint density at radius 2 is 2.12 bits per heavy atom. The Bertz CT molecular complexity index is 713. The average molecular weight is 331 g/mol. The summed E-state index contributed by atoms with van der Waals surface area (Å²) >= 11 is 0. The number of hydrogen-bond acceptors (Lipinski definition) is 6. The van der Waals surface area contributed by atoms with E-state index in [4.69, 9.17) is 9.63 Å². The molecule has 7 nitrogen and oxygen atoms in total. The molecule has 0 aliphatic carbocycles. The molecule has 24 heavy (non-hydrogen) atoms. The Labute approximate surface area is 139 Å². The molecule has 0 bridgehead atoms. The van der Waals surface area contributed by atoms with Crippen LogP contribution in [-0.2, 0) is 6.54 Å². The fourth-order valence-electron chi connectivity index (χ4n) is 3.02. The van der Waals surface area contributed by atoms with Crippen molar-refractivity contribution in [2.24, 2.45) is 0 Å². The van der Waals surface area contributed by atoms with Gasteiger partial charge in [-0.15, -0.1) is 0 Å². The molecule has 0 radical (unpaired) electrons. The van der Waals surface area contributed by atoms with Gasteiger partial charge in [-0.2, -0.15) is 4.98 Å². The Morgan fingerprint density at radius 3 is 2.79 bits per heavy atom. The number of hydrogen-bond donors (Lipinski definition) is 2. The third-order valence-electron chi connectivity index (χ3n) is 4.51. The number of nitrogens with zero attached hydrogens (tertiary/aromatic N) is 3. The maximum absolute atomic E-state index is 10.9. The maximum atomic E-state index is 10.9. The molecular weight excluding hydrogens is 310 g/mol. The van der Waals surface area contributed by atoms with Gasteiger partial charge in [0.15, 0.2) is 0 Å². The van der Waals surface area contributed by atoms with E-state index in [-0.39, 0.29) is 5.56 Å². The predicted octanol–water partition coefficient (Wildman–Crippen LogP) is 2.17. The van der Waals surface area contributed by atoms with Gasteiger partial charge < -0.3 is 14.7 Å². The molecule has 1 aliphatic rings. The highest BCUT2D eigenvalue weighted by Gasteiger charge is 2.32. The lowest BCUT2D eigenvalue weighted by Crippen LogP contribution is -2.47. The minimum absolute atomic E-state index is 0.217. The third-order valence-corrected chi connectivity index (χ3v) is 4.51. The number of carboxylic acids is 1. The van der Waals surface area contributed by atoms with Gasteiger partial charge in [-0.25, -0.2) is 4.79 Å². The van der Waals surface area contributed by atoms with E-state index < -0.39 is 11.6 Å². The molecule has 1 saturated heterocycles. The molecule has 7 heteroatoms. The largest absolute Gasteiger partial charge is 0.478 e. The van der Waals surface area contributed by atoms with E-state index in [1.165, 1.54) is 12.1 Å². The summed E-state index contributed by atoms with van der Waals surface area (Å²) in [6, 6.07) is 6.35. The highest BCUT2D eigenvalue weighted by atomic mass is 16.5. The van der Waals surface area contributed by atoms with E-state index >= 15 is 0 Å². The van der Waals surface area contributed by atoms with Gasteiger partial charge in [0.1, 0.15) is 0 Å². The third kappa shape index (κ3) is 3.63. The van der Waals surface area contributed by atoms with E-state index in [1.807, 2.05) is 6.92 Å². The molecule has 2 aromatic rings. The quantitative estimate of drug-likeness (QED) is 0.866. The van der Waals surface area contributed by atoms with Crippen LogP contribution in [0.3, 0.4) is 0 Å². The minimum Gasteiger partial charge on any atom is -0.478 e. The van der Waals surface area contributed by atoms with Crippen LogP contribution in [0.2, 0.25) is 0 Å². The summed E-state index contributed by atoms with van der Waals surface area (Å²) in [5, 5.41) is 23.3. The van der Waals surface area contributed by atoms with E-state index in [9.17, 15) is 9.90 Å². The van der Waals surface area contributed by atoms with Crippen LogP contribution in [0.1, 0.15) is 42.4 Å². The molecule has 0 amide bonds. The van der Waals surface area contributed by atoms with Crippen molar-refractivity contribution in [3.8, 4) is 11.4 Å². The van der Waals surface area contributed by atoms with Crippen LogP contribution < -0.4 is 0 Å². The summed E-state index contributed by atoms with van der Waals surface area (Å²) in [5.74, 6) is -0.0405. The van der Waals surface area contributed by atoms with Crippen molar-refractivity contribution in [1.29, 1.82) is 0 Å². The minimum atomic E-state index is -0.969. The average Bonchev–Trinajstić information content (AvgIpc) is 3.03. The Kier molecular flexibility index (Phi) is 4.64. The predicted molar refractivity (Wildman–Crippen MR) is 86.4 cm³/mol. The van der Waals surface area contributed by atoms with Crippen molar-refractivity contribution < 1.29 is 19.5 Å². The molecule has 0 saturated carbocycles. The second kappa shape index (κ2) is 6.70. The topological polar surface area (TPSA) is 99.7 Å². The van der Waals surface area contributed by atoms with E-state index in [0.717, 1.165) is 25.8 Å². The molecule has 0 unspecified atom stereocenters. The number of likely N-dealkylation sites (tertiary alicyclic amines) is 1. The number of rotatable bonds is 5. The van der Waals surface area contributed by atoms with E-state index in [2.05, 4.69) is 15.0 Å². The van der Waals surface area contributed by atoms with Crippen molar-refractivity contribution in [2.45, 2.75) is 38.3 Å². The number of β-amino-alcohol motifs (C(OH)–C–C–N with tert-alkyl or cyclic N) is 1. The van der Waals surface area contributed by atoms with Crippen LogP contribution >= 0.6 is 0 Å². The SMILES string of the molecule is CC[C@@]1(O)CCCN(Cc2nc(-c3ccc(C(=O)O)cc3)no2)C1. The zero-order valence-electron chi connectivity index (χ0n) is 13.6. The first kappa shape index (κ1) is 16.6. The van der Waals surface area contributed by atoms with Gasteiger partial charge in [-0.05, 0) is 37.9 Å². The van der Waals surface area contributed by atoms with Crippen LogP contribution in [0.25, 0.3) is 11.4 Å². The van der Waals surface area contributed by atoms with E-state index in [1.54, 1.807) is 12.1 Å². The van der Waals surface area contributed by atoms with Gasteiger partial charge in [0, 0.05) is 12.1 Å². The van der Waals surface area contributed by atoms with Gasteiger partial charge in [0.2, 0.25) is 11.7 Å². The van der Waals surface area contributed by atoms with Gasteiger partial charge >= 0.3 is 5.97 Å². The Hall–Kier alpha value is -2.25. The molecule has 2 heterocycles. The molecule has 3 rings (SSSR count). The number of carbonyl (C=O) groups is 1. The monoisotopic (exact) mass is 331 g/mol. The van der Waals surface area contributed by atoms with Crippen molar-refractivity contribution in [3.05, 3.63) is 35.7 Å². The lowest BCUT2D eigenvalue weighted by atomic mass is 9.90. The Morgan fingerprint density at radius 1 is 1.38 bits per heavy atom. The standard InChI is InChI=1S/C17H21N3O4/c1-2-17(23)8-3-9-20(11-17)10-14-18-15(19-24-14)12-4-6-13(7-5-12)16(21)22/h4-7,23H,2-3,8-11H2,1H3,(H,21,22)/t17-/m1/s1. The van der Waals surface area contributed by atoms with Crippen LogP contribution in [0.5, 0.6) is 0 Å². The molecule has 1 fully saturated rings. The van der Waals surface area contributed by atoms with Crippen LogP contribution in [0.15, 0.2) is 28.8 Å². The molecule has 1 aromatic heterocycles. The zero-order chi connectivity index (χ0) is 17.2. The molecule has 1 aliphatic heterocycles. The fourth-order valence-corrected chi connectivity index (χ4v) is 3.02.